The summed E-state index contributed by atoms with van der Waals surface area (Å²) in [5, 5.41) is 11.2. The molecule has 1 heterocycles. The number of benzene rings is 2. The molecule has 0 aliphatic heterocycles. The minimum Gasteiger partial charge on any atom is -0.504 e. The zero-order valence-corrected chi connectivity index (χ0v) is 11.2. The van der Waals surface area contributed by atoms with Crippen molar-refractivity contribution in [2.24, 2.45) is 0 Å². The van der Waals surface area contributed by atoms with Gasteiger partial charge in [0.25, 0.3) is 0 Å². The summed E-state index contributed by atoms with van der Waals surface area (Å²) in [5.41, 5.74) is 2.70. The number of nitrogens with zero attached hydrogens (tertiary/aromatic N) is 1. The number of hydrogen-bond acceptors (Lipinski definition) is 3. The normalized spacial score (nSPS) is 10.7. The minimum absolute atomic E-state index is 0.185. The molecule has 0 radical (unpaired) electrons. The van der Waals surface area contributed by atoms with Gasteiger partial charge in [-0.3, -0.25) is 4.98 Å². The fourth-order valence-corrected chi connectivity index (χ4v) is 2.28. The molecule has 0 saturated heterocycles. The molecule has 3 nitrogen and oxygen atoms in total. The van der Waals surface area contributed by atoms with Gasteiger partial charge < -0.3 is 9.84 Å². The lowest BCUT2D eigenvalue weighted by Gasteiger charge is -2.09. The number of phenolic OH excluding ortho intramolecular Hbond substituents is 1. The van der Waals surface area contributed by atoms with Crippen LogP contribution >= 0.6 is 0 Å². The number of aromatic nitrogens is 1. The molecule has 0 aliphatic rings. The average molecular weight is 265 g/mol. The van der Waals surface area contributed by atoms with E-state index in [1.807, 2.05) is 42.5 Å². The predicted molar refractivity (Wildman–Crippen MR) is 79.2 cm³/mol. The van der Waals surface area contributed by atoms with E-state index in [1.54, 1.807) is 13.2 Å². The van der Waals surface area contributed by atoms with Crippen LogP contribution in [0.15, 0.2) is 54.6 Å². The lowest BCUT2D eigenvalue weighted by molar-refractivity contribution is 0.371. The van der Waals surface area contributed by atoms with Crippen LogP contribution in [-0.2, 0) is 6.42 Å². The molecule has 0 fully saturated rings. The summed E-state index contributed by atoms with van der Waals surface area (Å²) >= 11 is 0. The van der Waals surface area contributed by atoms with E-state index < -0.39 is 0 Å². The van der Waals surface area contributed by atoms with E-state index >= 15 is 0 Å². The second kappa shape index (κ2) is 5.21. The molecule has 0 amide bonds. The molecule has 2 aromatic carbocycles. The van der Waals surface area contributed by atoms with Gasteiger partial charge in [-0.1, -0.05) is 36.4 Å². The highest BCUT2D eigenvalue weighted by molar-refractivity contribution is 5.78. The summed E-state index contributed by atoms with van der Waals surface area (Å²) < 4.78 is 5.12. The Hall–Kier alpha value is -2.55. The number of rotatable bonds is 3. The molecule has 1 N–H and O–H groups in total. The number of ether oxygens (including phenoxy) is 1. The summed E-state index contributed by atoms with van der Waals surface area (Å²) in [6.45, 7) is 0. The molecule has 0 aliphatic carbocycles. The Morgan fingerprint density at radius 2 is 1.85 bits per heavy atom. The van der Waals surface area contributed by atoms with Gasteiger partial charge in [-0.2, -0.15) is 0 Å². The van der Waals surface area contributed by atoms with Gasteiger partial charge in [-0.15, -0.1) is 0 Å². The first-order valence-electron chi connectivity index (χ1n) is 6.47. The van der Waals surface area contributed by atoms with Gasteiger partial charge in [0.15, 0.2) is 11.5 Å². The monoisotopic (exact) mass is 265 g/mol. The summed E-state index contributed by atoms with van der Waals surface area (Å²) in [7, 11) is 1.55. The van der Waals surface area contributed by atoms with Gasteiger partial charge >= 0.3 is 0 Å². The minimum atomic E-state index is 0.185. The Morgan fingerprint density at radius 3 is 2.70 bits per heavy atom. The van der Waals surface area contributed by atoms with Crippen LogP contribution < -0.4 is 4.74 Å². The van der Waals surface area contributed by atoms with Gasteiger partial charge in [0.05, 0.1) is 12.6 Å². The summed E-state index contributed by atoms with van der Waals surface area (Å²) in [5.74, 6) is 0.674. The molecule has 20 heavy (non-hydrogen) atoms. The van der Waals surface area contributed by atoms with Crippen molar-refractivity contribution >= 4 is 10.9 Å². The number of aromatic hydroxyl groups is 1. The smallest absolute Gasteiger partial charge is 0.161 e. The van der Waals surface area contributed by atoms with Crippen molar-refractivity contribution < 1.29 is 9.84 Å². The second-order valence-corrected chi connectivity index (χ2v) is 4.64. The second-order valence-electron chi connectivity index (χ2n) is 4.64. The van der Waals surface area contributed by atoms with E-state index in [0.717, 1.165) is 22.2 Å². The Kier molecular flexibility index (Phi) is 3.25. The molecule has 3 heteroatoms. The van der Waals surface area contributed by atoms with Crippen molar-refractivity contribution in [3.8, 4) is 11.5 Å². The fourth-order valence-electron chi connectivity index (χ4n) is 2.28. The van der Waals surface area contributed by atoms with Gasteiger partial charge in [-0.05, 0) is 18.2 Å². The maximum absolute atomic E-state index is 10.1. The molecule has 0 bridgehead atoms. The van der Waals surface area contributed by atoms with Gasteiger partial charge in [0.2, 0.25) is 0 Å². The summed E-state index contributed by atoms with van der Waals surface area (Å²) in [6.07, 6.45) is 0.577. The van der Waals surface area contributed by atoms with Crippen LogP contribution in [0.3, 0.4) is 0 Å². The van der Waals surface area contributed by atoms with E-state index in [1.165, 1.54) is 0 Å². The molecule has 0 unspecified atom stereocenters. The number of fused-ring (bicyclic) bond motifs is 1. The topological polar surface area (TPSA) is 42.4 Å². The van der Waals surface area contributed by atoms with E-state index in [2.05, 4.69) is 11.1 Å². The third-order valence-corrected chi connectivity index (χ3v) is 3.33. The van der Waals surface area contributed by atoms with Crippen molar-refractivity contribution in [1.29, 1.82) is 0 Å². The highest BCUT2D eigenvalue weighted by Gasteiger charge is 2.08. The molecule has 0 saturated carbocycles. The Balaban J connectivity index is 1.97. The van der Waals surface area contributed by atoms with Gasteiger partial charge in [0, 0.05) is 23.1 Å². The summed E-state index contributed by atoms with van der Waals surface area (Å²) in [4.78, 5) is 4.62. The van der Waals surface area contributed by atoms with Crippen molar-refractivity contribution in [3.05, 3.63) is 65.9 Å². The van der Waals surface area contributed by atoms with Crippen molar-refractivity contribution in [2.45, 2.75) is 6.42 Å². The van der Waals surface area contributed by atoms with Crippen LogP contribution in [-0.4, -0.2) is 17.2 Å². The van der Waals surface area contributed by atoms with Crippen LogP contribution in [0.1, 0.15) is 11.3 Å². The molecule has 1 aromatic heterocycles. The van der Waals surface area contributed by atoms with Crippen molar-refractivity contribution in [2.75, 3.05) is 7.11 Å². The van der Waals surface area contributed by atoms with Crippen molar-refractivity contribution in [3.63, 3.8) is 0 Å². The van der Waals surface area contributed by atoms with Gasteiger partial charge in [0.1, 0.15) is 0 Å². The van der Waals surface area contributed by atoms with Crippen LogP contribution in [0.2, 0.25) is 0 Å². The third-order valence-electron chi connectivity index (χ3n) is 3.33. The first kappa shape index (κ1) is 12.5. The molecule has 0 atom stereocenters. The van der Waals surface area contributed by atoms with Crippen LogP contribution in [0, 0.1) is 0 Å². The standard InChI is InChI=1S/C17H15NO2/c1-20-16-8-4-6-13(17(16)19)11-14-10-9-12-5-2-3-7-15(12)18-14/h2-10,19H,11H2,1H3. The number of hydrogen-bond donors (Lipinski definition) is 1. The summed E-state index contributed by atoms with van der Waals surface area (Å²) in [6, 6.07) is 17.5. The highest BCUT2D eigenvalue weighted by atomic mass is 16.5. The Morgan fingerprint density at radius 1 is 1.00 bits per heavy atom. The van der Waals surface area contributed by atoms with Crippen molar-refractivity contribution in [1.82, 2.24) is 4.98 Å². The fraction of sp³-hybridized carbons (Fsp3) is 0.118. The zero-order chi connectivity index (χ0) is 13.9. The van der Waals surface area contributed by atoms with Crippen LogP contribution in [0.4, 0.5) is 0 Å². The molecular formula is C17H15NO2. The zero-order valence-electron chi connectivity index (χ0n) is 11.2. The predicted octanol–water partition coefficient (Wildman–Crippen LogP) is 3.54. The highest BCUT2D eigenvalue weighted by Crippen LogP contribution is 2.30. The van der Waals surface area contributed by atoms with E-state index in [4.69, 9.17) is 4.74 Å². The number of methoxy groups -OCH3 is 1. The first-order valence-corrected chi connectivity index (χ1v) is 6.47. The Labute approximate surface area is 117 Å². The number of pyridine rings is 1. The largest absolute Gasteiger partial charge is 0.504 e. The molecular weight excluding hydrogens is 250 g/mol. The maximum atomic E-state index is 10.1. The number of para-hydroxylation sites is 2. The molecule has 100 valence electrons. The van der Waals surface area contributed by atoms with Crippen LogP contribution in [0.25, 0.3) is 10.9 Å². The van der Waals surface area contributed by atoms with Gasteiger partial charge in [-0.25, -0.2) is 0 Å². The molecule has 0 spiro atoms. The Bertz CT molecular complexity index is 753. The molecule has 3 rings (SSSR count). The maximum Gasteiger partial charge on any atom is 0.161 e. The SMILES string of the molecule is COc1cccc(Cc2ccc3ccccc3n2)c1O. The first-order chi connectivity index (χ1) is 9.78. The average Bonchev–Trinajstić information content (AvgIpc) is 2.49. The third kappa shape index (κ3) is 2.30. The quantitative estimate of drug-likeness (QED) is 0.787. The lowest BCUT2D eigenvalue weighted by Crippen LogP contribution is -1.94. The van der Waals surface area contributed by atoms with E-state index in [-0.39, 0.29) is 5.75 Å². The number of phenols is 1. The van der Waals surface area contributed by atoms with E-state index in [9.17, 15) is 5.11 Å². The molecule has 3 aromatic rings. The lowest BCUT2D eigenvalue weighted by atomic mass is 10.1. The van der Waals surface area contributed by atoms with Crippen LogP contribution in [0.5, 0.6) is 11.5 Å². The van der Waals surface area contributed by atoms with E-state index in [0.29, 0.717) is 12.2 Å².